The van der Waals surface area contributed by atoms with Gasteiger partial charge in [0, 0.05) is 16.9 Å². The van der Waals surface area contributed by atoms with Gasteiger partial charge in [0.2, 0.25) is 0 Å². The summed E-state index contributed by atoms with van der Waals surface area (Å²) in [6.45, 7) is 3.86. The average molecular weight is 375 g/mol. The number of sulfone groups is 1. The highest BCUT2D eigenvalue weighted by Gasteiger charge is 2.23. The van der Waals surface area contributed by atoms with Crippen LogP contribution in [-0.4, -0.2) is 14.7 Å². The second-order valence-corrected chi connectivity index (χ2v) is 8.63. The van der Waals surface area contributed by atoms with Gasteiger partial charge in [0.25, 0.3) is 0 Å². The minimum absolute atomic E-state index is 0.295. The summed E-state index contributed by atoms with van der Waals surface area (Å²) in [6, 6.07) is 12.7. The maximum Gasteiger partial charge on any atom is 0.175 e. The summed E-state index contributed by atoms with van der Waals surface area (Å²) in [7, 11) is -3.22. The van der Waals surface area contributed by atoms with Crippen molar-refractivity contribution in [3.8, 4) is 0 Å². The van der Waals surface area contributed by atoms with Crippen molar-refractivity contribution in [2.75, 3.05) is 6.26 Å². The van der Waals surface area contributed by atoms with Crippen LogP contribution in [-0.2, 0) is 14.6 Å². The van der Waals surface area contributed by atoms with Crippen molar-refractivity contribution in [3.63, 3.8) is 0 Å². The molecular weight excluding hydrogens is 356 g/mol. The molecule has 0 bridgehead atoms. The molecule has 3 rings (SSSR count). The van der Waals surface area contributed by atoms with E-state index < -0.39 is 9.84 Å². The Kier molecular flexibility index (Phi) is 4.76. The fraction of sp³-hybridized carbons (Fsp3) is 0.200. The van der Waals surface area contributed by atoms with E-state index in [1.54, 1.807) is 24.3 Å². The van der Waals surface area contributed by atoms with Gasteiger partial charge >= 0.3 is 0 Å². The van der Waals surface area contributed by atoms with Crippen molar-refractivity contribution in [3.05, 3.63) is 82.1 Å². The van der Waals surface area contributed by atoms with E-state index >= 15 is 0 Å². The van der Waals surface area contributed by atoms with Crippen LogP contribution in [0.3, 0.4) is 0 Å². The fourth-order valence-electron chi connectivity index (χ4n) is 2.74. The number of hydrogen-bond acceptors (Lipinski definition) is 3. The maximum absolute atomic E-state index is 11.7. The van der Waals surface area contributed by atoms with Crippen molar-refractivity contribution in [1.82, 2.24) is 0 Å². The normalized spacial score (nSPS) is 17.5. The van der Waals surface area contributed by atoms with E-state index in [9.17, 15) is 8.42 Å². The number of halogens is 1. The first kappa shape index (κ1) is 17.8. The smallest absolute Gasteiger partial charge is 0.175 e. The van der Waals surface area contributed by atoms with Gasteiger partial charge in [-0.3, -0.25) is 0 Å². The number of allylic oxidation sites excluding steroid dienone is 3. The van der Waals surface area contributed by atoms with Gasteiger partial charge in [-0.05, 0) is 54.8 Å². The minimum atomic E-state index is -3.22. The van der Waals surface area contributed by atoms with Gasteiger partial charge in [0.15, 0.2) is 9.84 Å². The molecule has 2 aromatic rings. The van der Waals surface area contributed by atoms with E-state index in [0.29, 0.717) is 9.92 Å². The molecule has 25 heavy (non-hydrogen) atoms. The first-order chi connectivity index (χ1) is 11.8. The van der Waals surface area contributed by atoms with Crippen molar-refractivity contribution in [1.29, 1.82) is 0 Å². The number of rotatable bonds is 3. The molecule has 0 spiro atoms. The molecule has 0 fully saturated rings. The highest BCUT2D eigenvalue weighted by Crippen LogP contribution is 2.39. The number of hydrogen-bond donors (Lipinski definition) is 0. The Labute approximate surface area is 153 Å². The van der Waals surface area contributed by atoms with Gasteiger partial charge in [-0.15, -0.1) is 0 Å². The van der Waals surface area contributed by atoms with Crippen molar-refractivity contribution in [2.24, 2.45) is 0 Å². The zero-order valence-electron chi connectivity index (χ0n) is 14.3. The SMILES string of the molecule is CC1=CC=C(c2ccc(C)c(Cl)c2)C(c2ccc(S(C)(=O)=O)cc2)O1. The van der Waals surface area contributed by atoms with Crippen LogP contribution < -0.4 is 0 Å². The predicted octanol–water partition coefficient (Wildman–Crippen LogP) is 5.11. The molecule has 5 heteroatoms. The Morgan fingerprint density at radius 1 is 1.00 bits per heavy atom. The molecule has 0 aromatic heterocycles. The summed E-state index contributed by atoms with van der Waals surface area (Å²) in [5, 5.41) is 0.704. The molecule has 1 unspecified atom stereocenters. The van der Waals surface area contributed by atoms with Crippen LogP contribution in [0.25, 0.3) is 5.57 Å². The van der Waals surface area contributed by atoms with E-state index in [1.807, 2.05) is 44.2 Å². The molecule has 2 aromatic carbocycles. The van der Waals surface area contributed by atoms with E-state index in [-0.39, 0.29) is 6.10 Å². The van der Waals surface area contributed by atoms with Crippen LogP contribution in [0.4, 0.5) is 0 Å². The van der Waals surface area contributed by atoms with Crippen LogP contribution in [0.15, 0.2) is 65.3 Å². The van der Waals surface area contributed by atoms with Crippen LogP contribution in [0.5, 0.6) is 0 Å². The lowest BCUT2D eigenvalue weighted by Gasteiger charge is -2.26. The fourth-order valence-corrected chi connectivity index (χ4v) is 3.55. The highest BCUT2D eigenvalue weighted by molar-refractivity contribution is 7.90. The van der Waals surface area contributed by atoms with Crippen LogP contribution >= 0.6 is 11.6 Å². The van der Waals surface area contributed by atoms with E-state index in [4.69, 9.17) is 16.3 Å². The average Bonchev–Trinajstić information content (AvgIpc) is 2.57. The molecule has 1 atom stereocenters. The molecule has 1 aliphatic rings. The third-order valence-corrected chi connectivity index (χ3v) is 5.74. The van der Waals surface area contributed by atoms with Crippen LogP contribution in [0.1, 0.15) is 29.7 Å². The third-order valence-electron chi connectivity index (χ3n) is 4.20. The van der Waals surface area contributed by atoms with Gasteiger partial charge in [0.05, 0.1) is 10.7 Å². The van der Waals surface area contributed by atoms with Gasteiger partial charge in [-0.2, -0.15) is 0 Å². The molecule has 0 saturated carbocycles. The Balaban J connectivity index is 2.03. The summed E-state index contributed by atoms with van der Waals surface area (Å²) in [6.07, 6.45) is 4.84. The lowest BCUT2D eigenvalue weighted by atomic mass is 9.93. The van der Waals surface area contributed by atoms with Crippen LogP contribution in [0, 0.1) is 6.92 Å². The van der Waals surface area contributed by atoms with Crippen molar-refractivity contribution in [2.45, 2.75) is 24.8 Å². The lowest BCUT2D eigenvalue weighted by molar-refractivity contribution is 0.162. The number of benzene rings is 2. The Morgan fingerprint density at radius 2 is 1.68 bits per heavy atom. The van der Waals surface area contributed by atoms with Gasteiger partial charge in [0.1, 0.15) is 6.10 Å². The largest absolute Gasteiger partial charge is 0.486 e. The summed E-state index contributed by atoms with van der Waals surface area (Å²) < 4.78 is 29.4. The number of aryl methyl sites for hydroxylation is 1. The molecular formula is C20H19ClO3S. The maximum atomic E-state index is 11.7. The minimum Gasteiger partial charge on any atom is -0.486 e. The Morgan fingerprint density at radius 3 is 2.28 bits per heavy atom. The van der Waals surface area contributed by atoms with Gasteiger partial charge in [-0.1, -0.05) is 41.9 Å². The number of ether oxygens (including phenoxy) is 1. The molecule has 0 saturated heterocycles. The molecule has 0 aliphatic carbocycles. The molecule has 1 heterocycles. The quantitative estimate of drug-likeness (QED) is 0.749. The van der Waals surface area contributed by atoms with E-state index in [1.165, 1.54) is 6.26 Å². The zero-order valence-corrected chi connectivity index (χ0v) is 15.9. The molecule has 0 amide bonds. The second-order valence-electron chi connectivity index (χ2n) is 6.20. The van der Waals surface area contributed by atoms with Crippen LogP contribution in [0.2, 0.25) is 5.02 Å². The standard InChI is InChI=1S/C20H19ClO3S/c1-13-4-6-16(12-19(13)21)18-11-5-14(2)24-20(18)15-7-9-17(10-8-15)25(3,22)23/h4-12,20H,1-3H3. The Bertz CT molecular complexity index is 971. The summed E-state index contributed by atoms with van der Waals surface area (Å²) in [5.74, 6) is 0.805. The van der Waals surface area contributed by atoms with Gasteiger partial charge in [-0.25, -0.2) is 8.42 Å². The summed E-state index contributed by atoms with van der Waals surface area (Å²) >= 11 is 6.28. The van der Waals surface area contributed by atoms with Gasteiger partial charge < -0.3 is 4.74 Å². The molecule has 0 radical (unpaired) electrons. The first-order valence-electron chi connectivity index (χ1n) is 7.87. The topological polar surface area (TPSA) is 43.4 Å². The third kappa shape index (κ3) is 3.80. The highest BCUT2D eigenvalue weighted by atomic mass is 35.5. The zero-order chi connectivity index (χ0) is 18.2. The molecule has 130 valence electrons. The molecule has 1 aliphatic heterocycles. The summed E-state index contributed by atoms with van der Waals surface area (Å²) in [5.41, 5.74) is 3.88. The van der Waals surface area contributed by atoms with E-state index in [2.05, 4.69) is 0 Å². The van der Waals surface area contributed by atoms with E-state index in [0.717, 1.165) is 28.0 Å². The summed E-state index contributed by atoms with van der Waals surface area (Å²) in [4.78, 5) is 0.295. The second kappa shape index (κ2) is 6.70. The van der Waals surface area contributed by atoms with Crippen molar-refractivity contribution >= 4 is 27.0 Å². The first-order valence-corrected chi connectivity index (χ1v) is 10.1. The molecule has 0 N–H and O–H groups in total. The lowest BCUT2D eigenvalue weighted by Crippen LogP contribution is -2.10. The monoisotopic (exact) mass is 374 g/mol. The van der Waals surface area contributed by atoms with Crippen molar-refractivity contribution < 1.29 is 13.2 Å². The Hall–Kier alpha value is -2.04. The predicted molar refractivity (Wildman–Crippen MR) is 101 cm³/mol. The molecule has 3 nitrogen and oxygen atoms in total.